The van der Waals surface area contributed by atoms with E-state index in [1.54, 1.807) is 25.1 Å². The molecule has 5 heteroatoms. The lowest BCUT2D eigenvalue weighted by Gasteiger charge is -2.18. The highest BCUT2D eigenvalue weighted by Crippen LogP contribution is 2.26. The molecule has 0 bridgehead atoms. The molecule has 0 amide bonds. The van der Waals surface area contributed by atoms with Crippen LogP contribution in [0.5, 0.6) is 0 Å². The van der Waals surface area contributed by atoms with E-state index in [1.807, 2.05) is 0 Å². The van der Waals surface area contributed by atoms with Gasteiger partial charge in [-0.05, 0) is 36.2 Å². The highest BCUT2D eigenvalue weighted by atomic mass is 35.5. The Morgan fingerprint density at radius 1 is 1.11 bits per heavy atom. The number of hydrogen-bond donors (Lipinski definition) is 2. The molecule has 0 aromatic heterocycles. The number of halogens is 3. The first-order valence-electron chi connectivity index (χ1n) is 5.70. The predicted octanol–water partition coefficient (Wildman–Crippen LogP) is 3.48. The van der Waals surface area contributed by atoms with E-state index in [4.69, 9.17) is 17.4 Å². The van der Waals surface area contributed by atoms with E-state index in [9.17, 15) is 8.78 Å². The summed E-state index contributed by atoms with van der Waals surface area (Å²) in [6.45, 7) is 1.66. The molecule has 19 heavy (non-hydrogen) atoms. The van der Waals surface area contributed by atoms with Crippen LogP contribution in [0.3, 0.4) is 0 Å². The Hall–Kier alpha value is -1.49. The number of rotatable bonds is 3. The maximum absolute atomic E-state index is 13.9. The molecule has 0 radical (unpaired) electrons. The summed E-state index contributed by atoms with van der Waals surface area (Å²) in [4.78, 5) is 0. The van der Waals surface area contributed by atoms with Gasteiger partial charge in [0.2, 0.25) is 0 Å². The van der Waals surface area contributed by atoms with E-state index < -0.39 is 11.9 Å². The molecule has 1 atom stereocenters. The van der Waals surface area contributed by atoms with Gasteiger partial charge >= 0.3 is 0 Å². The van der Waals surface area contributed by atoms with Gasteiger partial charge in [-0.2, -0.15) is 0 Å². The van der Waals surface area contributed by atoms with Crippen LogP contribution in [0.15, 0.2) is 36.4 Å². The van der Waals surface area contributed by atoms with Gasteiger partial charge in [-0.3, -0.25) is 5.84 Å². The van der Waals surface area contributed by atoms with E-state index in [1.165, 1.54) is 18.2 Å². The van der Waals surface area contributed by atoms with Gasteiger partial charge in [-0.25, -0.2) is 14.2 Å². The summed E-state index contributed by atoms with van der Waals surface area (Å²) in [5, 5.41) is 0.298. The lowest BCUT2D eigenvalue weighted by atomic mass is 9.98. The largest absolute Gasteiger partial charge is 0.271 e. The minimum absolute atomic E-state index is 0.298. The molecule has 0 heterocycles. The Morgan fingerprint density at radius 3 is 2.42 bits per heavy atom. The van der Waals surface area contributed by atoms with Crippen LogP contribution in [0.4, 0.5) is 8.78 Å². The Morgan fingerprint density at radius 2 is 1.84 bits per heavy atom. The smallest absolute Gasteiger partial charge is 0.129 e. The topological polar surface area (TPSA) is 38.0 Å². The molecule has 0 aliphatic heterocycles. The third kappa shape index (κ3) is 2.92. The molecule has 100 valence electrons. The van der Waals surface area contributed by atoms with Gasteiger partial charge in [0.1, 0.15) is 11.6 Å². The van der Waals surface area contributed by atoms with Crippen molar-refractivity contribution in [1.29, 1.82) is 0 Å². The van der Waals surface area contributed by atoms with Crippen LogP contribution in [0, 0.1) is 18.6 Å². The molecule has 0 fully saturated rings. The summed E-state index contributed by atoms with van der Waals surface area (Å²) in [5.41, 5.74) is 3.88. The molecule has 0 aliphatic rings. The van der Waals surface area contributed by atoms with Crippen molar-refractivity contribution in [2.24, 2.45) is 5.84 Å². The first-order valence-corrected chi connectivity index (χ1v) is 6.08. The van der Waals surface area contributed by atoms with Crippen LogP contribution in [0.25, 0.3) is 0 Å². The van der Waals surface area contributed by atoms with Gasteiger partial charge in [0.15, 0.2) is 0 Å². The minimum atomic E-state index is -0.632. The minimum Gasteiger partial charge on any atom is -0.271 e. The van der Waals surface area contributed by atoms with E-state index >= 15 is 0 Å². The lowest BCUT2D eigenvalue weighted by Crippen LogP contribution is -2.29. The highest BCUT2D eigenvalue weighted by Gasteiger charge is 2.17. The molecule has 0 saturated carbocycles. The molecular formula is C14H13ClF2N2. The molecule has 2 aromatic carbocycles. The molecule has 0 saturated heterocycles. The predicted molar refractivity (Wildman–Crippen MR) is 71.7 cm³/mol. The van der Waals surface area contributed by atoms with E-state index in [2.05, 4.69) is 5.43 Å². The maximum atomic E-state index is 13.9. The Bertz CT molecular complexity index is 602. The Kier molecular flexibility index (Phi) is 4.14. The zero-order valence-corrected chi connectivity index (χ0v) is 11.0. The normalized spacial score (nSPS) is 12.5. The van der Waals surface area contributed by atoms with Crippen LogP contribution < -0.4 is 11.3 Å². The van der Waals surface area contributed by atoms with Crippen LogP contribution >= 0.6 is 11.6 Å². The fourth-order valence-electron chi connectivity index (χ4n) is 1.89. The molecule has 3 N–H and O–H groups in total. The van der Waals surface area contributed by atoms with Crippen molar-refractivity contribution in [3.05, 3.63) is 69.7 Å². The summed E-state index contributed by atoms with van der Waals surface area (Å²) in [6.07, 6.45) is 0. The zero-order valence-electron chi connectivity index (χ0n) is 10.3. The number of nitrogens with two attached hydrogens (primary N) is 1. The van der Waals surface area contributed by atoms with Gasteiger partial charge in [0.05, 0.1) is 6.04 Å². The second kappa shape index (κ2) is 5.65. The monoisotopic (exact) mass is 282 g/mol. The molecule has 2 aromatic rings. The first kappa shape index (κ1) is 13.9. The van der Waals surface area contributed by atoms with Crippen molar-refractivity contribution in [3.63, 3.8) is 0 Å². The third-order valence-electron chi connectivity index (χ3n) is 2.97. The third-order valence-corrected chi connectivity index (χ3v) is 3.20. The van der Waals surface area contributed by atoms with Crippen molar-refractivity contribution >= 4 is 11.6 Å². The zero-order chi connectivity index (χ0) is 14.0. The van der Waals surface area contributed by atoms with Crippen molar-refractivity contribution in [2.45, 2.75) is 13.0 Å². The number of aryl methyl sites for hydroxylation is 1. The quantitative estimate of drug-likeness (QED) is 0.668. The van der Waals surface area contributed by atoms with Crippen molar-refractivity contribution < 1.29 is 8.78 Å². The van der Waals surface area contributed by atoms with Crippen molar-refractivity contribution in [3.8, 4) is 0 Å². The summed E-state index contributed by atoms with van der Waals surface area (Å²) in [5.74, 6) is 4.62. The standard InChI is InChI=1S/C14H13ClF2N2/c1-8-2-3-9(6-12(8)16)14(19-18)11-5-4-10(15)7-13(11)17/h2-7,14,19H,18H2,1H3. The highest BCUT2D eigenvalue weighted by molar-refractivity contribution is 6.30. The Labute approximate surface area is 115 Å². The van der Waals surface area contributed by atoms with E-state index in [0.717, 1.165) is 0 Å². The van der Waals surface area contributed by atoms with E-state index in [-0.39, 0.29) is 5.82 Å². The van der Waals surface area contributed by atoms with Crippen LogP contribution in [0.2, 0.25) is 5.02 Å². The first-order chi connectivity index (χ1) is 9.02. The number of hydrazine groups is 1. The van der Waals surface area contributed by atoms with Crippen molar-refractivity contribution in [2.75, 3.05) is 0 Å². The van der Waals surface area contributed by atoms with Gasteiger partial charge in [-0.1, -0.05) is 29.8 Å². The van der Waals surface area contributed by atoms with Crippen molar-refractivity contribution in [1.82, 2.24) is 5.43 Å². The molecule has 1 unspecified atom stereocenters. The molecular weight excluding hydrogens is 270 g/mol. The van der Waals surface area contributed by atoms with Crippen LogP contribution in [-0.2, 0) is 0 Å². The lowest BCUT2D eigenvalue weighted by molar-refractivity contribution is 0.555. The molecule has 0 aliphatic carbocycles. The van der Waals surface area contributed by atoms with Gasteiger partial charge in [-0.15, -0.1) is 0 Å². The fraction of sp³-hybridized carbons (Fsp3) is 0.143. The Balaban J connectivity index is 2.46. The summed E-state index contributed by atoms with van der Waals surface area (Å²) in [6, 6.07) is 8.33. The fourth-order valence-corrected chi connectivity index (χ4v) is 2.05. The van der Waals surface area contributed by atoms with Gasteiger partial charge in [0, 0.05) is 10.6 Å². The maximum Gasteiger partial charge on any atom is 0.129 e. The summed E-state index contributed by atoms with van der Waals surface area (Å²) < 4.78 is 27.5. The molecule has 2 nitrogen and oxygen atoms in total. The number of nitrogens with one attached hydrogen (secondary N) is 1. The average molecular weight is 283 g/mol. The van der Waals surface area contributed by atoms with Crippen LogP contribution in [-0.4, -0.2) is 0 Å². The number of hydrogen-bond acceptors (Lipinski definition) is 2. The molecule has 0 spiro atoms. The van der Waals surface area contributed by atoms with Crippen LogP contribution in [0.1, 0.15) is 22.7 Å². The molecule has 2 rings (SSSR count). The SMILES string of the molecule is Cc1ccc(C(NN)c2ccc(Cl)cc2F)cc1F. The summed E-state index contributed by atoms with van der Waals surface area (Å²) >= 11 is 5.71. The van der Waals surface area contributed by atoms with Gasteiger partial charge in [0.25, 0.3) is 0 Å². The second-order valence-electron chi connectivity index (χ2n) is 4.27. The van der Waals surface area contributed by atoms with E-state index in [0.29, 0.717) is 21.7 Å². The summed E-state index contributed by atoms with van der Waals surface area (Å²) in [7, 11) is 0. The van der Waals surface area contributed by atoms with Gasteiger partial charge < -0.3 is 0 Å². The average Bonchev–Trinajstić information content (AvgIpc) is 2.37. The second-order valence-corrected chi connectivity index (χ2v) is 4.71. The number of benzene rings is 2.